The summed E-state index contributed by atoms with van der Waals surface area (Å²) in [6.07, 6.45) is 3.26. The van der Waals surface area contributed by atoms with Crippen LogP contribution < -0.4 is 5.32 Å². The molecule has 0 radical (unpaired) electrons. The third kappa shape index (κ3) is 4.64. The maximum atomic E-state index is 11.8. The summed E-state index contributed by atoms with van der Waals surface area (Å²) in [7, 11) is 1.58. The van der Waals surface area contributed by atoms with Gasteiger partial charge in [0.05, 0.1) is 17.9 Å². The summed E-state index contributed by atoms with van der Waals surface area (Å²) in [6, 6.07) is -0.0139. The van der Waals surface area contributed by atoms with E-state index in [2.05, 4.69) is 5.32 Å². The number of amides is 1. The summed E-state index contributed by atoms with van der Waals surface area (Å²) in [5.41, 5.74) is -0.481. The fourth-order valence-corrected chi connectivity index (χ4v) is 2.28. The Kier molecular flexibility index (Phi) is 5.14. The Morgan fingerprint density at radius 1 is 1.39 bits per heavy atom. The van der Waals surface area contributed by atoms with Crippen LogP contribution in [-0.4, -0.2) is 35.7 Å². The van der Waals surface area contributed by atoms with Crippen molar-refractivity contribution < 1.29 is 19.4 Å². The molecular formula is C13H23NO4. The Hall–Kier alpha value is -1.10. The molecule has 5 heteroatoms. The first-order valence-electron chi connectivity index (χ1n) is 6.41. The van der Waals surface area contributed by atoms with Gasteiger partial charge in [-0.2, -0.15) is 0 Å². The first-order chi connectivity index (χ1) is 8.34. The summed E-state index contributed by atoms with van der Waals surface area (Å²) < 4.78 is 5.20. The average Bonchev–Trinajstić information content (AvgIpc) is 2.28. The van der Waals surface area contributed by atoms with Crippen LogP contribution in [0.25, 0.3) is 0 Å². The van der Waals surface area contributed by atoms with Gasteiger partial charge in [-0.25, -0.2) is 0 Å². The first-order valence-corrected chi connectivity index (χ1v) is 6.41. The standard InChI is InChI=1S/C13H23NO4/c1-13(2,18-3)8-11(15)14-10-6-4-5-9(7-10)12(16)17/h9-10H,4-8H2,1-3H3,(H,14,15)(H,16,17). The quantitative estimate of drug-likeness (QED) is 0.783. The minimum atomic E-state index is -0.758. The van der Waals surface area contributed by atoms with E-state index in [-0.39, 0.29) is 24.3 Å². The van der Waals surface area contributed by atoms with E-state index in [0.29, 0.717) is 12.8 Å². The topological polar surface area (TPSA) is 75.6 Å². The van der Waals surface area contributed by atoms with Crippen LogP contribution >= 0.6 is 0 Å². The molecule has 1 amide bonds. The summed E-state index contributed by atoms with van der Waals surface area (Å²) in [5.74, 6) is -1.15. The number of methoxy groups -OCH3 is 1. The van der Waals surface area contributed by atoms with E-state index in [1.54, 1.807) is 7.11 Å². The molecule has 1 aliphatic rings. The molecule has 1 fully saturated rings. The molecule has 1 rings (SSSR count). The van der Waals surface area contributed by atoms with Crippen LogP contribution in [0.5, 0.6) is 0 Å². The lowest BCUT2D eigenvalue weighted by atomic mass is 9.85. The lowest BCUT2D eigenvalue weighted by Crippen LogP contribution is -2.42. The molecule has 18 heavy (non-hydrogen) atoms. The van der Waals surface area contributed by atoms with Crippen LogP contribution in [0.2, 0.25) is 0 Å². The Balaban J connectivity index is 2.42. The Morgan fingerprint density at radius 3 is 2.61 bits per heavy atom. The predicted molar refractivity (Wildman–Crippen MR) is 67.2 cm³/mol. The molecule has 0 bridgehead atoms. The highest BCUT2D eigenvalue weighted by atomic mass is 16.5. The second-order valence-electron chi connectivity index (χ2n) is 5.61. The second-order valence-corrected chi connectivity index (χ2v) is 5.61. The highest BCUT2D eigenvalue weighted by Crippen LogP contribution is 2.24. The van der Waals surface area contributed by atoms with Gasteiger partial charge in [0.2, 0.25) is 5.91 Å². The number of rotatable bonds is 5. The Labute approximate surface area is 108 Å². The number of carboxylic acids is 1. The van der Waals surface area contributed by atoms with Crippen molar-refractivity contribution in [2.24, 2.45) is 5.92 Å². The number of hydrogen-bond acceptors (Lipinski definition) is 3. The van der Waals surface area contributed by atoms with E-state index in [1.165, 1.54) is 0 Å². The Bertz CT molecular complexity index is 314. The highest BCUT2D eigenvalue weighted by Gasteiger charge is 2.29. The molecule has 1 aliphatic carbocycles. The Morgan fingerprint density at radius 2 is 2.06 bits per heavy atom. The zero-order valence-corrected chi connectivity index (χ0v) is 11.4. The lowest BCUT2D eigenvalue weighted by Gasteiger charge is -2.29. The SMILES string of the molecule is COC(C)(C)CC(=O)NC1CCCC(C(=O)O)C1. The molecule has 2 unspecified atom stereocenters. The number of carboxylic acid groups (broad SMARTS) is 1. The van der Waals surface area contributed by atoms with Crippen molar-refractivity contribution in [1.82, 2.24) is 5.32 Å². The van der Waals surface area contributed by atoms with Crippen LogP contribution in [0.1, 0.15) is 46.0 Å². The van der Waals surface area contributed by atoms with Crippen molar-refractivity contribution >= 4 is 11.9 Å². The predicted octanol–water partition coefficient (Wildman–Crippen LogP) is 1.56. The first kappa shape index (κ1) is 15.0. The van der Waals surface area contributed by atoms with Crippen LogP contribution in [0.4, 0.5) is 0 Å². The molecule has 1 saturated carbocycles. The molecular weight excluding hydrogens is 234 g/mol. The molecule has 5 nitrogen and oxygen atoms in total. The van der Waals surface area contributed by atoms with E-state index >= 15 is 0 Å². The smallest absolute Gasteiger partial charge is 0.306 e. The van der Waals surface area contributed by atoms with Crippen molar-refractivity contribution in [3.63, 3.8) is 0 Å². The molecule has 0 heterocycles. The van der Waals surface area contributed by atoms with Crippen molar-refractivity contribution in [2.75, 3.05) is 7.11 Å². The monoisotopic (exact) mass is 257 g/mol. The van der Waals surface area contributed by atoms with Gasteiger partial charge in [0, 0.05) is 13.2 Å². The van der Waals surface area contributed by atoms with Gasteiger partial charge in [0.15, 0.2) is 0 Å². The number of carbonyl (C=O) groups excluding carboxylic acids is 1. The zero-order chi connectivity index (χ0) is 13.8. The summed E-state index contributed by atoms with van der Waals surface area (Å²) in [5, 5.41) is 11.9. The molecule has 2 N–H and O–H groups in total. The summed E-state index contributed by atoms with van der Waals surface area (Å²) >= 11 is 0. The number of ether oxygens (including phenoxy) is 1. The third-order valence-electron chi connectivity index (χ3n) is 3.53. The maximum absolute atomic E-state index is 11.8. The molecule has 0 aromatic rings. The van der Waals surface area contributed by atoms with Gasteiger partial charge in [0.25, 0.3) is 0 Å². The molecule has 0 aromatic heterocycles. The third-order valence-corrected chi connectivity index (χ3v) is 3.53. The van der Waals surface area contributed by atoms with E-state index in [9.17, 15) is 9.59 Å². The van der Waals surface area contributed by atoms with Gasteiger partial charge in [-0.1, -0.05) is 6.42 Å². The number of hydrogen-bond donors (Lipinski definition) is 2. The van der Waals surface area contributed by atoms with Gasteiger partial charge in [-0.05, 0) is 33.1 Å². The number of nitrogens with one attached hydrogen (secondary N) is 1. The van der Waals surface area contributed by atoms with E-state index in [4.69, 9.17) is 9.84 Å². The van der Waals surface area contributed by atoms with E-state index in [1.807, 2.05) is 13.8 Å². The van der Waals surface area contributed by atoms with Crippen LogP contribution in [0.3, 0.4) is 0 Å². The normalized spacial score (nSPS) is 24.6. The average molecular weight is 257 g/mol. The van der Waals surface area contributed by atoms with E-state index in [0.717, 1.165) is 12.8 Å². The fraction of sp³-hybridized carbons (Fsp3) is 0.846. The van der Waals surface area contributed by atoms with Gasteiger partial charge in [0.1, 0.15) is 0 Å². The summed E-state index contributed by atoms with van der Waals surface area (Å²) in [4.78, 5) is 22.8. The van der Waals surface area contributed by atoms with Crippen LogP contribution in [0, 0.1) is 5.92 Å². The van der Waals surface area contributed by atoms with Gasteiger partial charge < -0.3 is 15.2 Å². The number of carbonyl (C=O) groups is 2. The minimum absolute atomic E-state index is 0.0139. The molecule has 0 aliphatic heterocycles. The van der Waals surface area contributed by atoms with Gasteiger partial charge in [-0.15, -0.1) is 0 Å². The molecule has 0 saturated heterocycles. The van der Waals surface area contributed by atoms with Crippen molar-refractivity contribution in [2.45, 2.75) is 57.6 Å². The van der Waals surface area contributed by atoms with Gasteiger partial charge in [-0.3, -0.25) is 9.59 Å². The summed E-state index contributed by atoms with van der Waals surface area (Å²) in [6.45, 7) is 3.71. The van der Waals surface area contributed by atoms with Crippen molar-refractivity contribution in [3.05, 3.63) is 0 Å². The molecule has 104 valence electrons. The second kappa shape index (κ2) is 6.18. The lowest BCUT2D eigenvalue weighted by molar-refractivity contribution is -0.143. The maximum Gasteiger partial charge on any atom is 0.306 e. The minimum Gasteiger partial charge on any atom is -0.481 e. The van der Waals surface area contributed by atoms with Crippen molar-refractivity contribution in [3.8, 4) is 0 Å². The highest BCUT2D eigenvalue weighted by molar-refractivity contribution is 5.77. The van der Waals surface area contributed by atoms with Crippen LogP contribution in [0.15, 0.2) is 0 Å². The fourth-order valence-electron chi connectivity index (χ4n) is 2.28. The van der Waals surface area contributed by atoms with Crippen molar-refractivity contribution in [1.29, 1.82) is 0 Å². The molecule has 0 spiro atoms. The van der Waals surface area contributed by atoms with Gasteiger partial charge >= 0.3 is 5.97 Å². The number of aliphatic carboxylic acids is 1. The zero-order valence-electron chi connectivity index (χ0n) is 11.4. The molecule has 0 aromatic carbocycles. The molecule has 2 atom stereocenters. The van der Waals surface area contributed by atoms with E-state index < -0.39 is 11.6 Å². The van der Waals surface area contributed by atoms with Crippen LogP contribution in [-0.2, 0) is 14.3 Å². The largest absolute Gasteiger partial charge is 0.481 e.